The zero-order valence-electron chi connectivity index (χ0n) is 9.36. The smallest absolute Gasteiger partial charge is 0.308 e. The molecule has 0 atom stereocenters. The molecule has 17 heavy (non-hydrogen) atoms. The summed E-state index contributed by atoms with van der Waals surface area (Å²) >= 11 is 0. The minimum atomic E-state index is -0.559. The average molecular weight is 235 g/mol. The number of nitrogens with zero attached hydrogens (tertiary/aromatic N) is 1. The number of fused-ring (bicyclic) bond motifs is 1. The van der Waals surface area contributed by atoms with Crippen LogP contribution in [0.15, 0.2) is 24.4 Å². The van der Waals surface area contributed by atoms with Crippen molar-refractivity contribution in [1.82, 2.24) is 4.57 Å². The van der Waals surface area contributed by atoms with Gasteiger partial charge in [0.1, 0.15) is 5.82 Å². The summed E-state index contributed by atoms with van der Waals surface area (Å²) in [5, 5.41) is 0.137. The van der Waals surface area contributed by atoms with Gasteiger partial charge in [-0.15, -0.1) is 0 Å². The van der Waals surface area contributed by atoms with E-state index in [1.54, 1.807) is 6.07 Å². The normalized spacial score (nSPS) is 10.5. The van der Waals surface area contributed by atoms with Crippen LogP contribution in [0, 0.1) is 5.82 Å². The van der Waals surface area contributed by atoms with Crippen LogP contribution in [0.2, 0.25) is 0 Å². The summed E-state index contributed by atoms with van der Waals surface area (Å²) in [4.78, 5) is 22.3. The largest absolute Gasteiger partial charge is 0.424 e. The summed E-state index contributed by atoms with van der Waals surface area (Å²) in [6, 6.07) is 4.33. The molecule has 1 aromatic heterocycles. The van der Waals surface area contributed by atoms with Gasteiger partial charge in [0.15, 0.2) is 5.75 Å². The van der Waals surface area contributed by atoms with E-state index in [9.17, 15) is 14.0 Å². The van der Waals surface area contributed by atoms with E-state index >= 15 is 0 Å². The van der Waals surface area contributed by atoms with Gasteiger partial charge in [-0.3, -0.25) is 14.2 Å². The Morgan fingerprint density at radius 1 is 1.29 bits per heavy atom. The summed E-state index contributed by atoms with van der Waals surface area (Å²) in [6.45, 7) is 2.57. The molecular weight excluding hydrogens is 225 g/mol. The van der Waals surface area contributed by atoms with Gasteiger partial charge in [0, 0.05) is 13.8 Å². The second kappa shape index (κ2) is 4.01. The second-order valence-electron chi connectivity index (χ2n) is 3.61. The highest BCUT2D eigenvalue weighted by molar-refractivity contribution is 5.96. The molecule has 5 heteroatoms. The fraction of sp³-hybridized carbons (Fsp3) is 0.167. The minimum Gasteiger partial charge on any atom is -0.424 e. The molecule has 0 aliphatic heterocycles. The average Bonchev–Trinajstić information content (AvgIpc) is 2.57. The van der Waals surface area contributed by atoms with Crippen molar-refractivity contribution in [2.24, 2.45) is 0 Å². The molecule has 0 aliphatic rings. The first-order valence-corrected chi connectivity index (χ1v) is 4.99. The number of hydrogen-bond donors (Lipinski definition) is 0. The van der Waals surface area contributed by atoms with Crippen LogP contribution < -0.4 is 4.74 Å². The molecule has 0 saturated carbocycles. The standard InChI is InChI=1S/C12H10FNO3/c1-7(15)14-6-11(17-8(2)16)12-9(13)4-3-5-10(12)14/h3-6H,1-2H3. The Bertz CT molecular complexity index is 615. The van der Waals surface area contributed by atoms with Gasteiger partial charge in [-0.2, -0.15) is 0 Å². The molecule has 0 fully saturated rings. The van der Waals surface area contributed by atoms with Crippen molar-refractivity contribution in [2.75, 3.05) is 0 Å². The summed E-state index contributed by atoms with van der Waals surface area (Å²) in [6.07, 6.45) is 1.32. The number of esters is 1. The van der Waals surface area contributed by atoms with Gasteiger partial charge in [-0.05, 0) is 12.1 Å². The zero-order chi connectivity index (χ0) is 12.6. The summed E-state index contributed by atoms with van der Waals surface area (Å²) in [5.74, 6) is -1.31. The first-order valence-electron chi connectivity index (χ1n) is 4.99. The molecule has 2 rings (SSSR count). The molecule has 2 aromatic rings. The van der Waals surface area contributed by atoms with E-state index in [1.165, 1.54) is 36.7 Å². The van der Waals surface area contributed by atoms with Crippen molar-refractivity contribution in [3.05, 3.63) is 30.2 Å². The first-order chi connectivity index (χ1) is 8.00. The maximum atomic E-state index is 13.7. The van der Waals surface area contributed by atoms with Crippen LogP contribution >= 0.6 is 0 Å². The van der Waals surface area contributed by atoms with Crippen molar-refractivity contribution in [3.63, 3.8) is 0 Å². The van der Waals surface area contributed by atoms with Crippen LogP contribution in [-0.4, -0.2) is 16.4 Å². The molecule has 4 nitrogen and oxygen atoms in total. The fourth-order valence-corrected chi connectivity index (χ4v) is 1.70. The molecule has 0 saturated heterocycles. The number of benzene rings is 1. The highest BCUT2D eigenvalue weighted by Crippen LogP contribution is 2.30. The number of carbonyl (C=O) groups excluding carboxylic acids is 2. The van der Waals surface area contributed by atoms with Crippen LogP contribution in [0.4, 0.5) is 4.39 Å². The molecule has 0 bridgehead atoms. The number of hydrogen-bond acceptors (Lipinski definition) is 3. The summed E-state index contributed by atoms with van der Waals surface area (Å²) < 4.78 is 19.8. The van der Waals surface area contributed by atoms with E-state index in [0.717, 1.165) is 0 Å². The Labute approximate surface area is 96.6 Å². The maximum Gasteiger partial charge on any atom is 0.308 e. The Kier molecular flexibility index (Phi) is 2.67. The molecule has 0 spiro atoms. The third kappa shape index (κ3) is 1.91. The Morgan fingerprint density at radius 2 is 2.00 bits per heavy atom. The molecule has 0 radical (unpaired) electrons. The molecule has 1 heterocycles. The maximum absolute atomic E-state index is 13.7. The molecular formula is C12H10FNO3. The molecule has 0 N–H and O–H groups in total. The Balaban J connectivity index is 2.75. The number of halogens is 1. The lowest BCUT2D eigenvalue weighted by molar-refractivity contribution is -0.131. The molecule has 0 aliphatic carbocycles. The van der Waals surface area contributed by atoms with E-state index < -0.39 is 11.8 Å². The van der Waals surface area contributed by atoms with Gasteiger partial charge in [-0.1, -0.05) is 6.07 Å². The monoisotopic (exact) mass is 235 g/mol. The summed E-state index contributed by atoms with van der Waals surface area (Å²) in [5.41, 5.74) is 0.383. The molecule has 0 unspecified atom stereocenters. The Hall–Kier alpha value is -2.17. The van der Waals surface area contributed by atoms with E-state index in [4.69, 9.17) is 4.74 Å². The fourth-order valence-electron chi connectivity index (χ4n) is 1.70. The predicted octanol–water partition coefficient (Wildman–Crippen LogP) is 2.37. The van der Waals surface area contributed by atoms with Crippen molar-refractivity contribution < 1.29 is 18.7 Å². The summed E-state index contributed by atoms with van der Waals surface area (Å²) in [7, 11) is 0. The lowest BCUT2D eigenvalue weighted by Gasteiger charge is -1.99. The second-order valence-corrected chi connectivity index (χ2v) is 3.61. The lowest BCUT2D eigenvalue weighted by atomic mass is 10.2. The van der Waals surface area contributed by atoms with Gasteiger partial charge in [0.2, 0.25) is 5.91 Å². The topological polar surface area (TPSA) is 48.3 Å². The van der Waals surface area contributed by atoms with E-state index in [2.05, 4.69) is 0 Å². The number of ether oxygens (including phenoxy) is 1. The van der Waals surface area contributed by atoms with Crippen LogP contribution in [0.3, 0.4) is 0 Å². The van der Waals surface area contributed by atoms with Crippen LogP contribution in [0.25, 0.3) is 10.9 Å². The van der Waals surface area contributed by atoms with Crippen molar-refractivity contribution in [3.8, 4) is 5.75 Å². The van der Waals surface area contributed by atoms with E-state index in [0.29, 0.717) is 5.52 Å². The van der Waals surface area contributed by atoms with Crippen molar-refractivity contribution in [2.45, 2.75) is 13.8 Å². The van der Waals surface area contributed by atoms with Gasteiger partial charge >= 0.3 is 5.97 Å². The number of rotatable bonds is 1. The van der Waals surface area contributed by atoms with Crippen LogP contribution in [-0.2, 0) is 4.79 Å². The quantitative estimate of drug-likeness (QED) is 0.713. The third-order valence-corrected chi connectivity index (χ3v) is 2.34. The van der Waals surface area contributed by atoms with Crippen LogP contribution in [0.5, 0.6) is 5.75 Å². The zero-order valence-corrected chi connectivity index (χ0v) is 9.36. The van der Waals surface area contributed by atoms with Gasteiger partial charge < -0.3 is 4.74 Å². The Morgan fingerprint density at radius 3 is 2.59 bits per heavy atom. The van der Waals surface area contributed by atoms with Gasteiger partial charge in [0.25, 0.3) is 0 Å². The van der Waals surface area contributed by atoms with Crippen molar-refractivity contribution >= 4 is 22.8 Å². The minimum absolute atomic E-state index is 0.0563. The van der Waals surface area contributed by atoms with Crippen LogP contribution in [0.1, 0.15) is 18.6 Å². The molecule has 0 amide bonds. The molecule has 1 aromatic carbocycles. The third-order valence-electron chi connectivity index (χ3n) is 2.34. The molecule has 88 valence electrons. The number of aromatic nitrogens is 1. The lowest BCUT2D eigenvalue weighted by Crippen LogP contribution is -2.03. The highest BCUT2D eigenvalue weighted by Gasteiger charge is 2.16. The SMILES string of the molecule is CC(=O)Oc1cn(C(C)=O)c2cccc(F)c12. The predicted molar refractivity (Wildman–Crippen MR) is 59.5 cm³/mol. The first kappa shape index (κ1) is 11.3. The number of carbonyl (C=O) groups is 2. The van der Waals surface area contributed by atoms with E-state index in [1.807, 2.05) is 0 Å². The van der Waals surface area contributed by atoms with Gasteiger partial charge in [0.05, 0.1) is 17.1 Å². The highest BCUT2D eigenvalue weighted by atomic mass is 19.1. The van der Waals surface area contributed by atoms with E-state index in [-0.39, 0.29) is 17.0 Å². The van der Waals surface area contributed by atoms with Crippen molar-refractivity contribution in [1.29, 1.82) is 0 Å². The van der Waals surface area contributed by atoms with Gasteiger partial charge in [-0.25, -0.2) is 4.39 Å².